The van der Waals surface area contributed by atoms with Crippen LogP contribution in [-0.2, 0) is 28.6 Å². The van der Waals surface area contributed by atoms with Crippen molar-refractivity contribution < 1.29 is 28.6 Å². The molecule has 0 spiro atoms. The topological polar surface area (TPSA) is 78.9 Å². The highest BCUT2D eigenvalue weighted by molar-refractivity contribution is 5.71. The van der Waals surface area contributed by atoms with Gasteiger partial charge in [-0.15, -0.1) is 0 Å². The van der Waals surface area contributed by atoms with Crippen molar-refractivity contribution >= 4 is 17.9 Å². The van der Waals surface area contributed by atoms with Crippen LogP contribution in [0.4, 0.5) is 0 Å². The minimum absolute atomic E-state index is 0.0675. The Kier molecular flexibility index (Phi) is 61.1. The minimum atomic E-state index is -0.769. The molecule has 0 saturated heterocycles. The lowest BCUT2D eigenvalue weighted by molar-refractivity contribution is -0.167. The summed E-state index contributed by atoms with van der Waals surface area (Å²) in [6.07, 6.45) is 74.0. The summed E-state index contributed by atoms with van der Waals surface area (Å²) in [4.78, 5) is 38.1. The van der Waals surface area contributed by atoms with Gasteiger partial charge >= 0.3 is 17.9 Å². The number of carbonyl (C=O) groups excluding carboxylic acids is 3. The average Bonchev–Trinajstić information content (AvgIpc) is 3.39. The molecule has 432 valence electrons. The van der Waals surface area contributed by atoms with E-state index in [1.54, 1.807) is 0 Å². The molecule has 1 atom stereocenters. The Morgan fingerprint density at radius 1 is 0.260 bits per heavy atom. The van der Waals surface area contributed by atoms with E-state index >= 15 is 0 Å². The number of ether oxygens (including phenoxy) is 3. The molecule has 0 aromatic carbocycles. The second kappa shape index (κ2) is 62.7. The standard InChI is InChI=1S/C67H128O6/c1-4-7-10-13-16-19-21-23-25-27-28-29-30-31-32-33-34-35-36-37-38-39-40-42-43-45-48-51-54-57-60-66(69)72-63-64(62-71-65(68)59-56-53-50-47-18-15-12-9-6-3)73-67(70)61-58-55-52-49-46-44-41-26-24-22-20-17-14-11-8-5-2/h26,41,64H,4-25,27-40,42-63H2,1-3H3/b41-26-. The van der Waals surface area contributed by atoms with Crippen molar-refractivity contribution in [2.24, 2.45) is 0 Å². The van der Waals surface area contributed by atoms with Crippen molar-refractivity contribution in [3.05, 3.63) is 12.2 Å². The van der Waals surface area contributed by atoms with Gasteiger partial charge in [0.25, 0.3) is 0 Å². The largest absolute Gasteiger partial charge is 0.462 e. The first kappa shape index (κ1) is 71.2. The average molecular weight is 1030 g/mol. The lowest BCUT2D eigenvalue weighted by atomic mass is 10.0. The van der Waals surface area contributed by atoms with Crippen LogP contribution in [0.2, 0.25) is 0 Å². The van der Waals surface area contributed by atoms with Gasteiger partial charge in [-0.05, 0) is 44.9 Å². The second-order valence-corrected chi connectivity index (χ2v) is 22.7. The molecule has 0 amide bonds. The number of carbonyl (C=O) groups is 3. The van der Waals surface area contributed by atoms with Gasteiger partial charge in [0.2, 0.25) is 0 Å². The van der Waals surface area contributed by atoms with Crippen LogP contribution in [-0.4, -0.2) is 37.2 Å². The first-order valence-corrected chi connectivity index (χ1v) is 33.2. The van der Waals surface area contributed by atoms with E-state index in [0.717, 1.165) is 64.2 Å². The Balaban J connectivity index is 4.03. The fraction of sp³-hybridized carbons (Fsp3) is 0.925. The van der Waals surface area contributed by atoms with Gasteiger partial charge in [0.05, 0.1) is 0 Å². The maximum atomic E-state index is 12.8. The zero-order chi connectivity index (χ0) is 52.9. The number of hydrogen-bond acceptors (Lipinski definition) is 6. The fourth-order valence-electron chi connectivity index (χ4n) is 10.3. The van der Waals surface area contributed by atoms with Crippen molar-refractivity contribution in [3.8, 4) is 0 Å². The predicted octanol–water partition coefficient (Wildman–Crippen LogP) is 22.4. The summed E-state index contributed by atoms with van der Waals surface area (Å²) < 4.78 is 16.9. The number of rotatable bonds is 62. The molecular formula is C67H128O6. The van der Waals surface area contributed by atoms with Gasteiger partial charge in [-0.1, -0.05) is 328 Å². The monoisotopic (exact) mass is 1030 g/mol. The number of allylic oxidation sites excluding steroid dienone is 2. The molecular weight excluding hydrogens is 901 g/mol. The maximum Gasteiger partial charge on any atom is 0.306 e. The Morgan fingerprint density at radius 3 is 0.685 bits per heavy atom. The number of esters is 3. The Labute approximate surface area is 456 Å². The highest BCUT2D eigenvalue weighted by Crippen LogP contribution is 2.18. The highest BCUT2D eigenvalue weighted by Gasteiger charge is 2.19. The highest BCUT2D eigenvalue weighted by atomic mass is 16.6. The van der Waals surface area contributed by atoms with Crippen LogP contribution >= 0.6 is 0 Å². The Morgan fingerprint density at radius 2 is 0.452 bits per heavy atom. The smallest absolute Gasteiger partial charge is 0.306 e. The third kappa shape index (κ3) is 60.9. The summed E-state index contributed by atoms with van der Waals surface area (Å²) in [5, 5.41) is 0. The molecule has 73 heavy (non-hydrogen) atoms. The van der Waals surface area contributed by atoms with Gasteiger partial charge in [0.15, 0.2) is 6.10 Å². The van der Waals surface area contributed by atoms with Gasteiger partial charge in [0, 0.05) is 19.3 Å². The molecule has 0 fully saturated rings. The molecule has 0 radical (unpaired) electrons. The summed E-state index contributed by atoms with van der Waals surface area (Å²) in [5.41, 5.74) is 0. The van der Waals surface area contributed by atoms with E-state index in [1.807, 2.05) is 0 Å². The van der Waals surface area contributed by atoms with E-state index in [0.29, 0.717) is 19.3 Å². The quantitative estimate of drug-likeness (QED) is 0.0261. The molecule has 0 aliphatic heterocycles. The molecule has 0 N–H and O–H groups in total. The van der Waals surface area contributed by atoms with Crippen LogP contribution in [0.1, 0.15) is 380 Å². The fourth-order valence-corrected chi connectivity index (χ4v) is 10.3. The Hall–Kier alpha value is -1.85. The predicted molar refractivity (Wildman–Crippen MR) is 317 cm³/mol. The van der Waals surface area contributed by atoms with Gasteiger partial charge in [-0.3, -0.25) is 14.4 Å². The van der Waals surface area contributed by atoms with Crippen molar-refractivity contribution in [3.63, 3.8) is 0 Å². The SMILES string of the molecule is CCCCCCCCC/C=C\CCCCCCCC(=O)OC(COC(=O)CCCCCCCCCCC)COC(=O)CCCCCCCCCCCCCCCCCCCCCCCCCCCCCCCC. The molecule has 0 rings (SSSR count). The molecule has 0 saturated carbocycles. The van der Waals surface area contributed by atoms with Crippen LogP contribution in [0.5, 0.6) is 0 Å². The zero-order valence-electron chi connectivity index (χ0n) is 49.7. The molecule has 0 heterocycles. The molecule has 0 aromatic rings. The van der Waals surface area contributed by atoms with Gasteiger partial charge in [0.1, 0.15) is 13.2 Å². The molecule has 6 heteroatoms. The summed E-state index contributed by atoms with van der Waals surface area (Å²) in [6.45, 7) is 6.68. The normalized spacial score (nSPS) is 12.0. The van der Waals surface area contributed by atoms with E-state index in [-0.39, 0.29) is 31.1 Å². The maximum absolute atomic E-state index is 12.8. The van der Waals surface area contributed by atoms with E-state index in [4.69, 9.17) is 14.2 Å². The molecule has 1 unspecified atom stereocenters. The van der Waals surface area contributed by atoms with E-state index < -0.39 is 6.10 Å². The summed E-state index contributed by atoms with van der Waals surface area (Å²) in [6, 6.07) is 0. The summed E-state index contributed by atoms with van der Waals surface area (Å²) >= 11 is 0. The first-order chi connectivity index (χ1) is 36.0. The third-order valence-corrected chi connectivity index (χ3v) is 15.3. The van der Waals surface area contributed by atoms with Gasteiger partial charge in [-0.25, -0.2) is 0 Å². The molecule has 0 bridgehead atoms. The van der Waals surface area contributed by atoms with E-state index in [9.17, 15) is 14.4 Å². The van der Waals surface area contributed by atoms with E-state index in [1.165, 1.54) is 276 Å². The van der Waals surface area contributed by atoms with E-state index in [2.05, 4.69) is 32.9 Å². The van der Waals surface area contributed by atoms with Crippen molar-refractivity contribution in [2.75, 3.05) is 13.2 Å². The molecule has 0 aliphatic carbocycles. The van der Waals surface area contributed by atoms with Crippen molar-refractivity contribution in [1.82, 2.24) is 0 Å². The Bertz CT molecular complexity index is 1130. The third-order valence-electron chi connectivity index (χ3n) is 15.3. The van der Waals surface area contributed by atoms with Crippen LogP contribution in [0.25, 0.3) is 0 Å². The van der Waals surface area contributed by atoms with Crippen LogP contribution in [0.3, 0.4) is 0 Å². The van der Waals surface area contributed by atoms with Gasteiger partial charge < -0.3 is 14.2 Å². The molecule has 0 aliphatic rings. The molecule has 0 aromatic heterocycles. The number of hydrogen-bond donors (Lipinski definition) is 0. The van der Waals surface area contributed by atoms with Crippen LogP contribution in [0, 0.1) is 0 Å². The van der Waals surface area contributed by atoms with Crippen LogP contribution in [0.15, 0.2) is 12.2 Å². The zero-order valence-corrected chi connectivity index (χ0v) is 49.7. The summed E-state index contributed by atoms with van der Waals surface area (Å²) in [5.74, 6) is -0.852. The number of unbranched alkanes of at least 4 members (excludes halogenated alkanes) is 49. The first-order valence-electron chi connectivity index (χ1n) is 33.2. The lowest BCUT2D eigenvalue weighted by Gasteiger charge is -2.18. The second-order valence-electron chi connectivity index (χ2n) is 22.7. The van der Waals surface area contributed by atoms with Crippen molar-refractivity contribution in [2.45, 2.75) is 386 Å². The summed E-state index contributed by atoms with van der Waals surface area (Å²) in [7, 11) is 0. The van der Waals surface area contributed by atoms with Gasteiger partial charge in [-0.2, -0.15) is 0 Å². The van der Waals surface area contributed by atoms with Crippen LogP contribution < -0.4 is 0 Å². The minimum Gasteiger partial charge on any atom is -0.462 e. The lowest BCUT2D eigenvalue weighted by Crippen LogP contribution is -2.30. The van der Waals surface area contributed by atoms with Crippen molar-refractivity contribution in [1.29, 1.82) is 0 Å². The molecule has 6 nitrogen and oxygen atoms in total.